The van der Waals surface area contributed by atoms with E-state index in [9.17, 15) is 0 Å². The molecule has 5 heteroatoms. The fourth-order valence-corrected chi connectivity index (χ4v) is 2.23. The van der Waals surface area contributed by atoms with E-state index in [0.29, 0.717) is 18.9 Å². The Hall–Kier alpha value is -2.74. The van der Waals surface area contributed by atoms with Gasteiger partial charge in [-0.2, -0.15) is 5.26 Å². The van der Waals surface area contributed by atoms with Crippen LogP contribution < -0.4 is 14.4 Å². The van der Waals surface area contributed by atoms with Gasteiger partial charge in [0.15, 0.2) is 11.5 Å². The Morgan fingerprint density at radius 3 is 2.71 bits per heavy atom. The quantitative estimate of drug-likeness (QED) is 0.864. The van der Waals surface area contributed by atoms with Gasteiger partial charge in [-0.05, 0) is 29.8 Å². The molecule has 21 heavy (non-hydrogen) atoms. The van der Waals surface area contributed by atoms with Crippen LogP contribution in [0.3, 0.4) is 0 Å². The molecule has 0 saturated heterocycles. The maximum atomic E-state index is 8.76. The van der Waals surface area contributed by atoms with Gasteiger partial charge < -0.3 is 14.4 Å². The maximum absolute atomic E-state index is 8.76. The van der Waals surface area contributed by atoms with Crippen molar-refractivity contribution in [2.45, 2.75) is 6.54 Å². The van der Waals surface area contributed by atoms with E-state index in [4.69, 9.17) is 14.7 Å². The van der Waals surface area contributed by atoms with Crippen LogP contribution >= 0.6 is 0 Å². The zero-order chi connectivity index (χ0) is 14.7. The average molecular weight is 281 g/mol. The number of fused-ring (bicyclic) bond motifs is 1. The van der Waals surface area contributed by atoms with Crippen LogP contribution in [0.1, 0.15) is 11.3 Å². The minimum atomic E-state index is 0.423. The van der Waals surface area contributed by atoms with Gasteiger partial charge >= 0.3 is 0 Å². The molecule has 2 heterocycles. The molecule has 106 valence electrons. The summed E-state index contributed by atoms with van der Waals surface area (Å²) in [6.07, 6.45) is 1.70. The summed E-state index contributed by atoms with van der Waals surface area (Å²) < 4.78 is 11.1. The number of nitrogens with zero attached hydrogens (tertiary/aromatic N) is 3. The third kappa shape index (κ3) is 2.90. The van der Waals surface area contributed by atoms with Crippen molar-refractivity contribution in [1.82, 2.24) is 4.98 Å². The molecule has 1 aliphatic rings. The van der Waals surface area contributed by atoms with E-state index >= 15 is 0 Å². The van der Waals surface area contributed by atoms with Gasteiger partial charge in [0.05, 0.1) is 11.9 Å². The molecule has 0 saturated carbocycles. The van der Waals surface area contributed by atoms with Gasteiger partial charge in [-0.3, -0.25) is 0 Å². The van der Waals surface area contributed by atoms with Gasteiger partial charge in [0, 0.05) is 13.6 Å². The van der Waals surface area contributed by atoms with Gasteiger partial charge in [-0.15, -0.1) is 0 Å². The lowest BCUT2D eigenvalue weighted by molar-refractivity contribution is 0.171. The van der Waals surface area contributed by atoms with Crippen LogP contribution in [0.15, 0.2) is 36.5 Å². The third-order valence-corrected chi connectivity index (χ3v) is 3.33. The second-order valence-corrected chi connectivity index (χ2v) is 4.85. The monoisotopic (exact) mass is 281 g/mol. The lowest BCUT2D eigenvalue weighted by Gasteiger charge is -2.22. The molecule has 1 aliphatic heterocycles. The summed E-state index contributed by atoms with van der Waals surface area (Å²) in [6, 6.07) is 11.6. The van der Waals surface area contributed by atoms with Crippen LogP contribution in [-0.4, -0.2) is 25.2 Å². The molecule has 5 nitrogen and oxygen atoms in total. The molecule has 0 spiro atoms. The first-order valence-corrected chi connectivity index (χ1v) is 6.72. The second kappa shape index (κ2) is 5.71. The zero-order valence-corrected chi connectivity index (χ0v) is 11.7. The summed E-state index contributed by atoms with van der Waals surface area (Å²) >= 11 is 0. The summed E-state index contributed by atoms with van der Waals surface area (Å²) in [5.41, 5.74) is 2.52. The molecular weight excluding hydrogens is 266 g/mol. The van der Waals surface area contributed by atoms with E-state index < -0.39 is 0 Å². The summed E-state index contributed by atoms with van der Waals surface area (Å²) in [7, 11) is 1.99. The van der Waals surface area contributed by atoms with E-state index in [-0.39, 0.29) is 0 Å². The van der Waals surface area contributed by atoms with E-state index in [1.807, 2.05) is 37.4 Å². The molecule has 1 aromatic carbocycles. The predicted octanol–water partition coefficient (Wildman–Crippen LogP) is 2.36. The number of ether oxygens (including phenoxy) is 2. The predicted molar refractivity (Wildman–Crippen MR) is 78.5 cm³/mol. The molecule has 0 bridgehead atoms. The average Bonchev–Trinajstić information content (AvgIpc) is 2.55. The Labute approximate surface area is 123 Å². The van der Waals surface area contributed by atoms with Gasteiger partial charge in [-0.25, -0.2) is 4.98 Å². The summed E-state index contributed by atoms with van der Waals surface area (Å²) in [5, 5.41) is 8.76. The van der Waals surface area contributed by atoms with Crippen LogP contribution in [0.5, 0.6) is 11.5 Å². The van der Waals surface area contributed by atoms with Gasteiger partial charge in [0.2, 0.25) is 0 Å². The summed E-state index contributed by atoms with van der Waals surface area (Å²) in [6.45, 7) is 1.92. The molecule has 1 aromatic heterocycles. The van der Waals surface area contributed by atoms with Gasteiger partial charge in [0.1, 0.15) is 25.0 Å². The smallest absolute Gasteiger partial charge is 0.161 e. The van der Waals surface area contributed by atoms with Crippen LogP contribution in [-0.2, 0) is 6.54 Å². The SMILES string of the molecule is CN(Cc1ccc2c(c1)OCCO2)c1ccc(C#N)nc1. The second-order valence-electron chi connectivity index (χ2n) is 4.85. The van der Waals surface area contributed by atoms with Crippen LogP contribution in [0.25, 0.3) is 0 Å². The molecule has 0 aliphatic carbocycles. The fraction of sp³-hybridized carbons (Fsp3) is 0.250. The van der Waals surface area contributed by atoms with Gasteiger partial charge in [-0.1, -0.05) is 6.07 Å². The van der Waals surface area contributed by atoms with Crippen molar-refractivity contribution in [3.05, 3.63) is 47.8 Å². The molecule has 0 radical (unpaired) electrons. The summed E-state index contributed by atoms with van der Waals surface area (Å²) in [4.78, 5) is 6.15. The first-order chi connectivity index (χ1) is 10.3. The van der Waals surface area contributed by atoms with Crippen molar-refractivity contribution < 1.29 is 9.47 Å². The first kappa shape index (κ1) is 13.3. The number of anilines is 1. The Kier molecular flexibility index (Phi) is 3.61. The van der Waals surface area contributed by atoms with Crippen molar-refractivity contribution in [1.29, 1.82) is 5.26 Å². The Morgan fingerprint density at radius 1 is 1.19 bits per heavy atom. The van der Waals surface area contributed by atoms with Crippen molar-refractivity contribution in [3.63, 3.8) is 0 Å². The normalized spacial score (nSPS) is 12.6. The van der Waals surface area contributed by atoms with E-state index in [1.165, 1.54) is 0 Å². The lowest BCUT2D eigenvalue weighted by atomic mass is 10.1. The zero-order valence-electron chi connectivity index (χ0n) is 11.7. The number of pyridine rings is 1. The van der Waals surface area contributed by atoms with Crippen molar-refractivity contribution >= 4 is 5.69 Å². The van der Waals surface area contributed by atoms with Crippen molar-refractivity contribution in [3.8, 4) is 17.6 Å². The molecule has 0 N–H and O–H groups in total. The van der Waals surface area contributed by atoms with E-state index in [0.717, 1.165) is 29.3 Å². The standard InChI is InChI=1S/C16H15N3O2/c1-19(14-4-3-13(9-17)18-10-14)11-12-2-5-15-16(8-12)21-7-6-20-15/h2-5,8,10H,6-7,11H2,1H3. The van der Waals surface area contributed by atoms with E-state index in [2.05, 4.69) is 9.88 Å². The third-order valence-electron chi connectivity index (χ3n) is 3.33. The highest BCUT2D eigenvalue weighted by atomic mass is 16.6. The Morgan fingerprint density at radius 2 is 2.00 bits per heavy atom. The van der Waals surface area contributed by atoms with Crippen molar-refractivity contribution in [2.75, 3.05) is 25.2 Å². The number of hydrogen-bond acceptors (Lipinski definition) is 5. The number of rotatable bonds is 3. The number of benzene rings is 1. The largest absolute Gasteiger partial charge is 0.486 e. The molecule has 0 fully saturated rings. The highest BCUT2D eigenvalue weighted by molar-refractivity contribution is 5.48. The van der Waals surface area contributed by atoms with Gasteiger partial charge in [0.25, 0.3) is 0 Å². The first-order valence-electron chi connectivity index (χ1n) is 6.72. The van der Waals surface area contributed by atoms with Crippen molar-refractivity contribution in [2.24, 2.45) is 0 Å². The number of hydrogen-bond donors (Lipinski definition) is 0. The molecule has 0 unspecified atom stereocenters. The highest BCUT2D eigenvalue weighted by Crippen LogP contribution is 2.31. The maximum Gasteiger partial charge on any atom is 0.161 e. The minimum Gasteiger partial charge on any atom is -0.486 e. The number of aromatic nitrogens is 1. The molecule has 0 atom stereocenters. The lowest BCUT2D eigenvalue weighted by Crippen LogP contribution is -2.18. The molecular formula is C16H15N3O2. The fourth-order valence-electron chi connectivity index (χ4n) is 2.23. The van der Waals surface area contributed by atoms with Crippen LogP contribution in [0.4, 0.5) is 5.69 Å². The van der Waals surface area contributed by atoms with Crippen LogP contribution in [0.2, 0.25) is 0 Å². The molecule has 2 aromatic rings. The Bertz CT molecular complexity index is 677. The molecule has 0 amide bonds. The Balaban J connectivity index is 1.74. The highest BCUT2D eigenvalue weighted by Gasteiger charge is 2.12. The minimum absolute atomic E-state index is 0.423. The van der Waals surface area contributed by atoms with Crippen LogP contribution in [0, 0.1) is 11.3 Å². The topological polar surface area (TPSA) is 58.4 Å². The summed E-state index contributed by atoms with van der Waals surface area (Å²) in [5.74, 6) is 1.60. The molecule has 3 rings (SSSR count). The number of nitriles is 1. The van der Waals surface area contributed by atoms with E-state index in [1.54, 1.807) is 12.3 Å².